The normalized spacial score (nSPS) is 12.5. The van der Waals surface area contributed by atoms with Crippen LogP contribution < -0.4 is 9.61 Å². The molecule has 0 aliphatic rings. The fourth-order valence-corrected chi connectivity index (χ4v) is 4.42. The lowest BCUT2D eigenvalue weighted by atomic mass is 10.1. The Bertz CT molecular complexity index is 661. The van der Waals surface area contributed by atoms with E-state index in [1.807, 2.05) is 24.3 Å². The van der Waals surface area contributed by atoms with Crippen molar-refractivity contribution in [1.29, 1.82) is 0 Å². The summed E-state index contributed by atoms with van der Waals surface area (Å²) in [6.45, 7) is 11.3. The van der Waals surface area contributed by atoms with E-state index in [-0.39, 0.29) is 5.04 Å². The summed E-state index contributed by atoms with van der Waals surface area (Å²) >= 11 is 12.1. The Labute approximate surface area is 151 Å². The second-order valence-corrected chi connectivity index (χ2v) is 16.6. The standard InChI is InChI=1S/C18H24Cl2OSi2/c1-18(2,3)23(4,5)21-17-9-7-6-8-16(17)14-10-12-15(13-11-14)22(19)20/h6-13,22H,1-5H3. The summed E-state index contributed by atoms with van der Waals surface area (Å²) in [5.74, 6) is 0.956. The quantitative estimate of drug-likeness (QED) is 0.490. The highest BCUT2D eigenvalue weighted by molar-refractivity contribution is 7.39. The van der Waals surface area contributed by atoms with Crippen LogP contribution >= 0.6 is 22.2 Å². The molecule has 0 fully saturated rings. The smallest absolute Gasteiger partial charge is 0.266 e. The van der Waals surface area contributed by atoms with Crippen LogP contribution in [0.3, 0.4) is 0 Å². The van der Waals surface area contributed by atoms with Gasteiger partial charge in [-0.05, 0) is 34.9 Å². The van der Waals surface area contributed by atoms with Gasteiger partial charge in [0.05, 0.1) is 0 Å². The maximum Gasteiger partial charge on any atom is 0.266 e. The highest BCUT2D eigenvalue weighted by Gasteiger charge is 2.39. The summed E-state index contributed by atoms with van der Waals surface area (Å²) in [7, 11) is -3.67. The first kappa shape index (κ1) is 18.6. The first-order valence-electron chi connectivity index (χ1n) is 7.78. The fraction of sp³-hybridized carbons (Fsp3) is 0.333. The Morgan fingerprint density at radius 3 is 2.00 bits per heavy atom. The Kier molecular flexibility index (Phi) is 5.67. The number of halogens is 2. The molecule has 0 bridgehead atoms. The number of hydrogen-bond acceptors (Lipinski definition) is 1. The van der Waals surface area contributed by atoms with Crippen LogP contribution in [0.25, 0.3) is 11.1 Å². The maximum absolute atomic E-state index is 6.52. The number of benzene rings is 2. The third-order valence-electron chi connectivity index (χ3n) is 4.53. The van der Waals surface area contributed by atoms with Crippen molar-refractivity contribution in [2.45, 2.75) is 38.9 Å². The molecule has 0 aliphatic heterocycles. The number of hydrogen-bond donors (Lipinski definition) is 0. The van der Waals surface area contributed by atoms with Gasteiger partial charge in [0.2, 0.25) is 0 Å². The van der Waals surface area contributed by atoms with E-state index in [2.05, 4.69) is 58.1 Å². The van der Waals surface area contributed by atoms with Gasteiger partial charge in [-0.3, -0.25) is 0 Å². The SMILES string of the molecule is CC(C)(C)[Si](C)(C)Oc1ccccc1-c1ccc([SiH](Cl)Cl)cc1. The molecule has 0 aromatic heterocycles. The first-order valence-corrected chi connectivity index (χ1v) is 14.8. The Balaban J connectivity index is 2.38. The number of rotatable bonds is 4. The zero-order chi connectivity index (χ0) is 17.3. The molecule has 0 aliphatic carbocycles. The van der Waals surface area contributed by atoms with Crippen LogP contribution in [0, 0.1) is 0 Å². The number of para-hydroxylation sites is 1. The predicted molar refractivity (Wildman–Crippen MR) is 108 cm³/mol. The van der Waals surface area contributed by atoms with Crippen molar-refractivity contribution >= 4 is 43.1 Å². The molecule has 0 atom stereocenters. The van der Waals surface area contributed by atoms with E-state index in [4.69, 9.17) is 26.6 Å². The van der Waals surface area contributed by atoms with Crippen LogP contribution in [0.5, 0.6) is 5.75 Å². The molecule has 5 heteroatoms. The van der Waals surface area contributed by atoms with Crippen LogP contribution in [0.1, 0.15) is 20.8 Å². The molecule has 124 valence electrons. The minimum Gasteiger partial charge on any atom is -0.543 e. The highest BCUT2D eigenvalue weighted by Crippen LogP contribution is 2.40. The molecule has 0 N–H and O–H groups in total. The summed E-state index contributed by atoms with van der Waals surface area (Å²) in [5.41, 5.74) is 2.25. The van der Waals surface area contributed by atoms with Gasteiger partial charge < -0.3 is 4.43 Å². The van der Waals surface area contributed by atoms with Crippen molar-refractivity contribution in [2.24, 2.45) is 0 Å². The summed E-state index contributed by atoms with van der Waals surface area (Å²) in [6.07, 6.45) is 0. The molecule has 2 aromatic carbocycles. The van der Waals surface area contributed by atoms with Crippen molar-refractivity contribution in [3.63, 3.8) is 0 Å². The molecule has 2 aromatic rings. The highest BCUT2D eigenvalue weighted by atomic mass is 35.7. The second kappa shape index (κ2) is 7.02. The Hall–Kier alpha value is -0.746. The van der Waals surface area contributed by atoms with Crippen molar-refractivity contribution in [2.75, 3.05) is 0 Å². The molecule has 0 unspecified atom stereocenters. The molecule has 2 rings (SSSR count). The van der Waals surface area contributed by atoms with E-state index in [1.54, 1.807) is 0 Å². The van der Waals surface area contributed by atoms with E-state index in [1.165, 1.54) is 0 Å². The summed E-state index contributed by atoms with van der Waals surface area (Å²) in [5, 5.41) is 1.21. The topological polar surface area (TPSA) is 9.23 Å². The largest absolute Gasteiger partial charge is 0.543 e. The van der Waals surface area contributed by atoms with Gasteiger partial charge in [-0.2, -0.15) is 0 Å². The van der Waals surface area contributed by atoms with E-state index in [0.717, 1.165) is 22.1 Å². The third-order valence-corrected chi connectivity index (χ3v) is 11.3. The summed E-state index contributed by atoms with van der Waals surface area (Å²) in [6, 6.07) is 16.4. The molecule has 0 saturated heterocycles. The van der Waals surface area contributed by atoms with E-state index < -0.39 is 15.7 Å². The van der Waals surface area contributed by atoms with Crippen LogP contribution in [-0.4, -0.2) is 15.7 Å². The van der Waals surface area contributed by atoms with Crippen LogP contribution in [0.15, 0.2) is 48.5 Å². The van der Waals surface area contributed by atoms with Crippen molar-refractivity contribution < 1.29 is 4.43 Å². The third kappa shape index (κ3) is 4.41. The lowest BCUT2D eigenvalue weighted by Gasteiger charge is -2.37. The lowest BCUT2D eigenvalue weighted by Crippen LogP contribution is -2.43. The molecular formula is C18H24Cl2OSi2. The average Bonchev–Trinajstić information content (AvgIpc) is 2.46. The van der Waals surface area contributed by atoms with Gasteiger partial charge in [-0.1, -0.05) is 63.2 Å². The van der Waals surface area contributed by atoms with E-state index in [0.29, 0.717) is 0 Å². The minimum absolute atomic E-state index is 0.167. The summed E-state index contributed by atoms with van der Waals surface area (Å²) in [4.78, 5) is 0. The van der Waals surface area contributed by atoms with E-state index in [9.17, 15) is 0 Å². The molecule has 0 amide bonds. The monoisotopic (exact) mass is 382 g/mol. The average molecular weight is 383 g/mol. The van der Waals surface area contributed by atoms with Gasteiger partial charge in [0.25, 0.3) is 15.7 Å². The van der Waals surface area contributed by atoms with Gasteiger partial charge in [0.1, 0.15) is 5.75 Å². The molecule has 0 heterocycles. The van der Waals surface area contributed by atoms with Gasteiger partial charge in [0.15, 0.2) is 0 Å². The minimum atomic E-state index is -1.87. The van der Waals surface area contributed by atoms with Gasteiger partial charge in [-0.25, -0.2) is 0 Å². The molecule has 1 nitrogen and oxygen atoms in total. The molecule has 0 radical (unpaired) electrons. The molecule has 0 spiro atoms. The zero-order valence-corrected chi connectivity index (χ0v) is 18.0. The van der Waals surface area contributed by atoms with Crippen molar-refractivity contribution in [3.05, 3.63) is 48.5 Å². The van der Waals surface area contributed by atoms with Gasteiger partial charge >= 0.3 is 0 Å². The molecule has 23 heavy (non-hydrogen) atoms. The van der Waals surface area contributed by atoms with Crippen LogP contribution in [0.2, 0.25) is 18.1 Å². The molecular weight excluding hydrogens is 359 g/mol. The van der Waals surface area contributed by atoms with Gasteiger partial charge in [-0.15, -0.1) is 22.2 Å². The first-order chi connectivity index (χ1) is 10.6. The maximum atomic E-state index is 6.52. The van der Waals surface area contributed by atoms with Crippen LogP contribution in [0.4, 0.5) is 0 Å². The molecule has 0 saturated carbocycles. The Morgan fingerprint density at radius 2 is 1.48 bits per heavy atom. The van der Waals surface area contributed by atoms with Crippen LogP contribution in [-0.2, 0) is 0 Å². The predicted octanol–water partition coefficient (Wildman–Crippen LogP) is 5.64. The second-order valence-electron chi connectivity index (χ2n) is 7.28. The van der Waals surface area contributed by atoms with E-state index >= 15 is 0 Å². The van der Waals surface area contributed by atoms with Crippen molar-refractivity contribution in [1.82, 2.24) is 0 Å². The Morgan fingerprint density at radius 1 is 0.913 bits per heavy atom. The zero-order valence-electron chi connectivity index (χ0n) is 14.4. The fourth-order valence-electron chi connectivity index (χ4n) is 2.03. The summed E-state index contributed by atoms with van der Waals surface area (Å²) < 4.78 is 6.52. The van der Waals surface area contributed by atoms with Gasteiger partial charge in [0, 0.05) is 5.56 Å². The van der Waals surface area contributed by atoms with Crippen molar-refractivity contribution in [3.8, 4) is 16.9 Å². The lowest BCUT2D eigenvalue weighted by molar-refractivity contribution is 0.493.